The summed E-state index contributed by atoms with van der Waals surface area (Å²) in [7, 11) is 0. The summed E-state index contributed by atoms with van der Waals surface area (Å²) >= 11 is 1.65. The minimum Gasteiger partial charge on any atom is -0.324 e. The van der Waals surface area contributed by atoms with Crippen molar-refractivity contribution < 1.29 is 0 Å². The van der Waals surface area contributed by atoms with Crippen LogP contribution in [0.4, 0.5) is 11.6 Å². The molecule has 1 aliphatic heterocycles. The number of anilines is 2. The van der Waals surface area contributed by atoms with Gasteiger partial charge in [-0.2, -0.15) is 0 Å². The Balaban J connectivity index is 1.51. The number of hydrogen-bond donors (Lipinski definition) is 1. The van der Waals surface area contributed by atoms with Crippen molar-refractivity contribution >= 4 is 23.0 Å². The van der Waals surface area contributed by atoms with Gasteiger partial charge in [-0.3, -0.25) is 9.88 Å². The van der Waals surface area contributed by atoms with Gasteiger partial charge < -0.3 is 5.32 Å². The smallest absolute Gasteiger partial charge is 0.150 e. The first-order valence-corrected chi connectivity index (χ1v) is 8.93. The van der Waals surface area contributed by atoms with E-state index in [9.17, 15) is 0 Å². The van der Waals surface area contributed by atoms with Crippen LogP contribution in [0, 0.1) is 0 Å². The van der Waals surface area contributed by atoms with Gasteiger partial charge in [-0.25, -0.2) is 15.0 Å². The zero-order chi connectivity index (χ0) is 16.2. The lowest BCUT2D eigenvalue weighted by Crippen LogP contribution is -2.23. The Morgan fingerprint density at radius 3 is 2.96 bits per heavy atom. The summed E-state index contributed by atoms with van der Waals surface area (Å²) < 4.78 is 0. The van der Waals surface area contributed by atoms with E-state index in [1.807, 2.05) is 11.7 Å². The number of thiazole rings is 1. The van der Waals surface area contributed by atoms with E-state index < -0.39 is 0 Å². The molecule has 122 valence electrons. The van der Waals surface area contributed by atoms with Crippen LogP contribution in [0.15, 0.2) is 47.8 Å². The molecule has 7 heteroatoms. The molecule has 6 nitrogen and oxygen atoms in total. The minimum absolute atomic E-state index is 0.414. The van der Waals surface area contributed by atoms with Crippen molar-refractivity contribution in [3.63, 3.8) is 0 Å². The molecular weight excluding hydrogens is 320 g/mol. The van der Waals surface area contributed by atoms with Crippen molar-refractivity contribution in [2.75, 3.05) is 11.9 Å². The second-order valence-corrected chi connectivity index (χ2v) is 6.52. The van der Waals surface area contributed by atoms with Crippen LogP contribution in [0.3, 0.4) is 0 Å². The van der Waals surface area contributed by atoms with Gasteiger partial charge in [-0.05, 0) is 37.1 Å². The predicted molar refractivity (Wildman–Crippen MR) is 94.1 cm³/mol. The third-order valence-corrected chi connectivity index (χ3v) is 4.84. The number of likely N-dealkylation sites (tertiary alicyclic amines) is 1. The molecule has 0 spiro atoms. The summed E-state index contributed by atoms with van der Waals surface area (Å²) in [5.74, 6) is 1.50. The summed E-state index contributed by atoms with van der Waals surface area (Å²) in [5.41, 5.74) is 4.33. The van der Waals surface area contributed by atoms with E-state index in [1.165, 1.54) is 18.4 Å². The number of nitrogens with one attached hydrogen (secondary N) is 1. The lowest BCUT2D eigenvalue weighted by atomic mass is 10.1. The molecule has 1 saturated heterocycles. The van der Waals surface area contributed by atoms with Gasteiger partial charge in [0.05, 0.1) is 17.4 Å². The van der Waals surface area contributed by atoms with Crippen LogP contribution in [0.1, 0.15) is 30.1 Å². The molecule has 4 heterocycles. The van der Waals surface area contributed by atoms with Crippen molar-refractivity contribution in [2.24, 2.45) is 0 Å². The van der Waals surface area contributed by atoms with Gasteiger partial charge in [-0.15, -0.1) is 11.3 Å². The van der Waals surface area contributed by atoms with Crippen molar-refractivity contribution in [1.82, 2.24) is 24.8 Å². The summed E-state index contributed by atoms with van der Waals surface area (Å²) in [6, 6.07) is 4.63. The van der Waals surface area contributed by atoms with Crippen LogP contribution in [-0.2, 0) is 6.54 Å². The highest BCUT2D eigenvalue weighted by Gasteiger charge is 2.26. The van der Waals surface area contributed by atoms with E-state index >= 15 is 0 Å². The van der Waals surface area contributed by atoms with Crippen LogP contribution in [0.5, 0.6) is 0 Å². The average molecular weight is 338 g/mol. The number of aromatic nitrogens is 4. The fourth-order valence-electron chi connectivity index (χ4n) is 3.13. The average Bonchev–Trinajstić information content (AvgIpc) is 3.28. The molecule has 4 rings (SSSR count). The zero-order valence-electron chi connectivity index (χ0n) is 13.2. The SMILES string of the molecule is c1cnc(Nc2cc([C@H]3CCCN3Cc3cscn3)ccn2)cn1. The van der Waals surface area contributed by atoms with E-state index in [0.717, 1.165) is 24.6 Å². The maximum atomic E-state index is 4.42. The van der Waals surface area contributed by atoms with Gasteiger partial charge in [-0.1, -0.05) is 0 Å². The summed E-state index contributed by atoms with van der Waals surface area (Å²) in [5, 5.41) is 5.34. The van der Waals surface area contributed by atoms with E-state index in [1.54, 1.807) is 29.9 Å². The second-order valence-electron chi connectivity index (χ2n) is 5.80. The molecule has 0 bridgehead atoms. The second kappa shape index (κ2) is 7.02. The lowest BCUT2D eigenvalue weighted by Gasteiger charge is -2.24. The Hall–Kier alpha value is -2.38. The highest BCUT2D eigenvalue weighted by atomic mass is 32.1. The first-order chi connectivity index (χ1) is 11.9. The van der Waals surface area contributed by atoms with Gasteiger partial charge in [0, 0.05) is 36.6 Å². The summed E-state index contributed by atoms with van der Waals surface area (Å²) in [6.45, 7) is 2.01. The van der Waals surface area contributed by atoms with Crippen LogP contribution in [0.2, 0.25) is 0 Å². The summed E-state index contributed by atoms with van der Waals surface area (Å²) in [4.78, 5) is 19.6. The molecule has 0 unspecified atom stereocenters. The summed E-state index contributed by atoms with van der Waals surface area (Å²) in [6.07, 6.45) is 9.25. The topological polar surface area (TPSA) is 66.8 Å². The van der Waals surface area contributed by atoms with Crippen LogP contribution < -0.4 is 5.32 Å². The molecule has 3 aromatic rings. The van der Waals surface area contributed by atoms with Gasteiger partial charge >= 0.3 is 0 Å². The number of nitrogens with zero attached hydrogens (tertiary/aromatic N) is 5. The number of pyridine rings is 1. The first-order valence-electron chi connectivity index (χ1n) is 7.98. The monoisotopic (exact) mass is 338 g/mol. The van der Waals surface area contributed by atoms with E-state index in [0.29, 0.717) is 11.9 Å². The highest BCUT2D eigenvalue weighted by Crippen LogP contribution is 2.33. The van der Waals surface area contributed by atoms with Crippen molar-refractivity contribution in [3.8, 4) is 0 Å². The molecule has 3 aromatic heterocycles. The van der Waals surface area contributed by atoms with Gasteiger partial charge in [0.15, 0.2) is 0 Å². The van der Waals surface area contributed by atoms with Crippen LogP contribution >= 0.6 is 11.3 Å². The fraction of sp³-hybridized carbons (Fsp3) is 0.294. The molecule has 1 fully saturated rings. The Morgan fingerprint density at radius 1 is 1.17 bits per heavy atom. The Kier molecular flexibility index (Phi) is 4.44. The molecular formula is C17H18N6S. The van der Waals surface area contributed by atoms with E-state index in [2.05, 4.69) is 47.7 Å². The molecule has 0 saturated carbocycles. The molecule has 1 aliphatic rings. The normalized spacial score (nSPS) is 17.9. The maximum absolute atomic E-state index is 4.42. The molecule has 1 N–H and O–H groups in total. The fourth-order valence-corrected chi connectivity index (χ4v) is 3.68. The van der Waals surface area contributed by atoms with Gasteiger partial charge in [0.25, 0.3) is 0 Å². The lowest BCUT2D eigenvalue weighted by molar-refractivity contribution is 0.246. The Bertz CT molecular complexity index is 777. The Labute approximate surface area is 144 Å². The molecule has 0 aromatic carbocycles. The number of hydrogen-bond acceptors (Lipinski definition) is 7. The standard InChI is InChI=1S/C17H18N6S/c1-2-15(23(7-1)10-14-11-24-12-21-14)13-3-4-19-16(8-13)22-17-9-18-5-6-20-17/h3-6,8-9,11-12,15H,1-2,7,10H2,(H,19,20,22)/t15-/m1/s1. The quantitative estimate of drug-likeness (QED) is 0.769. The molecule has 0 aliphatic carbocycles. The van der Waals surface area contributed by atoms with E-state index in [4.69, 9.17) is 0 Å². The first kappa shape index (κ1) is 15.2. The maximum Gasteiger partial charge on any atom is 0.150 e. The molecule has 0 amide bonds. The molecule has 24 heavy (non-hydrogen) atoms. The number of rotatable bonds is 5. The van der Waals surface area contributed by atoms with Crippen molar-refractivity contribution in [1.29, 1.82) is 0 Å². The van der Waals surface area contributed by atoms with E-state index in [-0.39, 0.29) is 0 Å². The van der Waals surface area contributed by atoms with Crippen LogP contribution in [0.25, 0.3) is 0 Å². The Morgan fingerprint density at radius 2 is 2.12 bits per heavy atom. The zero-order valence-corrected chi connectivity index (χ0v) is 14.0. The minimum atomic E-state index is 0.414. The van der Waals surface area contributed by atoms with Gasteiger partial charge in [0.2, 0.25) is 0 Å². The van der Waals surface area contributed by atoms with Crippen LogP contribution in [-0.4, -0.2) is 31.4 Å². The highest BCUT2D eigenvalue weighted by molar-refractivity contribution is 7.07. The molecule has 1 atom stereocenters. The van der Waals surface area contributed by atoms with Gasteiger partial charge in [0.1, 0.15) is 11.6 Å². The van der Waals surface area contributed by atoms with Crippen molar-refractivity contribution in [2.45, 2.75) is 25.4 Å². The molecule has 0 radical (unpaired) electrons. The van der Waals surface area contributed by atoms with Crippen molar-refractivity contribution in [3.05, 3.63) is 59.1 Å². The third-order valence-electron chi connectivity index (χ3n) is 4.20. The predicted octanol–water partition coefficient (Wildman–Crippen LogP) is 3.41. The third kappa shape index (κ3) is 3.42. The largest absolute Gasteiger partial charge is 0.324 e.